The van der Waals surface area contributed by atoms with Crippen LogP contribution >= 0.6 is 11.6 Å². The smallest absolute Gasteiger partial charge is 0.256 e. The Morgan fingerprint density at radius 2 is 2.09 bits per heavy atom. The minimum Gasteiger partial charge on any atom is -0.378 e. The van der Waals surface area contributed by atoms with Crippen LogP contribution in [-0.2, 0) is 16.1 Å². The lowest BCUT2D eigenvalue weighted by Crippen LogP contribution is -2.49. The van der Waals surface area contributed by atoms with Crippen molar-refractivity contribution in [1.82, 2.24) is 30.4 Å². The number of aromatic nitrogens is 4. The maximum absolute atomic E-state index is 13.6. The SMILES string of the molecule is O=C(NCc1cc(Cl)ccc1-n1cnnn1)[C@@H]1C[C@@H]2C[C@@H]2N1C(=O)C(O)c1cccc(F)c1. The summed E-state index contributed by atoms with van der Waals surface area (Å²) in [6, 6.07) is 9.64. The highest BCUT2D eigenvalue weighted by Crippen LogP contribution is 2.48. The van der Waals surface area contributed by atoms with E-state index in [0.717, 1.165) is 12.5 Å². The second kappa shape index (κ2) is 8.53. The number of nitrogens with zero attached hydrogens (tertiary/aromatic N) is 5. The number of fused-ring (bicyclic) bond motifs is 1. The number of benzene rings is 2. The molecular formula is C22H20ClFN6O3. The fourth-order valence-electron chi connectivity index (χ4n) is 4.46. The Morgan fingerprint density at radius 1 is 1.24 bits per heavy atom. The van der Waals surface area contributed by atoms with Crippen LogP contribution in [0.2, 0.25) is 5.02 Å². The van der Waals surface area contributed by atoms with Gasteiger partial charge in [-0.3, -0.25) is 9.59 Å². The summed E-state index contributed by atoms with van der Waals surface area (Å²) >= 11 is 6.13. The molecule has 0 bridgehead atoms. The molecule has 2 heterocycles. The molecule has 1 aliphatic heterocycles. The molecule has 11 heteroatoms. The van der Waals surface area contributed by atoms with Crippen LogP contribution in [-0.4, -0.2) is 54.1 Å². The van der Waals surface area contributed by atoms with Crippen molar-refractivity contribution >= 4 is 23.4 Å². The summed E-state index contributed by atoms with van der Waals surface area (Å²) in [5, 5.41) is 25.1. The van der Waals surface area contributed by atoms with Gasteiger partial charge in [-0.05, 0) is 70.6 Å². The van der Waals surface area contributed by atoms with Gasteiger partial charge in [-0.15, -0.1) is 5.10 Å². The molecule has 5 rings (SSSR count). The molecule has 33 heavy (non-hydrogen) atoms. The van der Waals surface area contributed by atoms with Gasteiger partial charge in [-0.2, -0.15) is 0 Å². The van der Waals surface area contributed by atoms with E-state index in [4.69, 9.17) is 11.6 Å². The summed E-state index contributed by atoms with van der Waals surface area (Å²) in [6.45, 7) is 0.148. The van der Waals surface area contributed by atoms with Crippen molar-refractivity contribution in [1.29, 1.82) is 0 Å². The third-order valence-electron chi connectivity index (χ3n) is 6.15. The van der Waals surface area contributed by atoms with Crippen molar-refractivity contribution in [3.05, 3.63) is 70.8 Å². The predicted molar refractivity (Wildman–Crippen MR) is 115 cm³/mol. The zero-order valence-electron chi connectivity index (χ0n) is 17.3. The molecule has 1 unspecified atom stereocenters. The zero-order chi connectivity index (χ0) is 23.1. The molecule has 1 saturated heterocycles. The summed E-state index contributed by atoms with van der Waals surface area (Å²) in [5.74, 6) is -1.24. The maximum Gasteiger partial charge on any atom is 0.256 e. The molecule has 0 radical (unpaired) electrons. The first-order valence-electron chi connectivity index (χ1n) is 10.5. The highest BCUT2D eigenvalue weighted by Gasteiger charge is 2.56. The number of carbonyl (C=O) groups is 2. The van der Waals surface area contributed by atoms with E-state index in [1.54, 1.807) is 18.2 Å². The Morgan fingerprint density at radius 3 is 2.85 bits per heavy atom. The molecule has 0 spiro atoms. The van der Waals surface area contributed by atoms with E-state index < -0.39 is 23.9 Å². The third kappa shape index (κ3) is 4.19. The quantitative estimate of drug-likeness (QED) is 0.568. The normalized spacial score (nSPS) is 22.0. The van der Waals surface area contributed by atoms with E-state index in [9.17, 15) is 19.1 Å². The number of carbonyl (C=O) groups excluding carboxylic acids is 2. The monoisotopic (exact) mass is 470 g/mol. The number of hydrogen-bond acceptors (Lipinski definition) is 6. The number of aliphatic hydroxyl groups is 1. The lowest BCUT2D eigenvalue weighted by atomic mass is 10.1. The van der Waals surface area contributed by atoms with E-state index in [1.165, 1.54) is 34.1 Å². The van der Waals surface area contributed by atoms with E-state index in [1.807, 2.05) is 0 Å². The van der Waals surface area contributed by atoms with Crippen molar-refractivity contribution in [2.75, 3.05) is 0 Å². The first-order valence-corrected chi connectivity index (χ1v) is 10.9. The number of rotatable bonds is 6. The summed E-state index contributed by atoms with van der Waals surface area (Å²) in [5.41, 5.74) is 1.52. The van der Waals surface area contributed by atoms with E-state index in [2.05, 4.69) is 20.8 Å². The molecule has 1 aliphatic carbocycles. The molecule has 3 aromatic rings. The lowest BCUT2D eigenvalue weighted by molar-refractivity contribution is -0.147. The second-order valence-electron chi connectivity index (χ2n) is 8.26. The molecule has 4 atom stereocenters. The average Bonchev–Trinajstić information content (AvgIpc) is 3.20. The van der Waals surface area contributed by atoms with Crippen molar-refractivity contribution in [2.24, 2.45) is 5.92 Å². The van der Waals surface area contributed by atoms with E-state index in [-0.39, 0.29) is 30.0 Å². The predicted octanol–water partition coefficient (Wildman–Crippen LogP) is 1.79. The standard InChI is InChI=1S/C22H20ClFN6O3/c23-15-4-5-17(29-11-26-27-28-29)14(6-15)10-25-21(32)19-9-13-8-18(13)30(19)22(33)20(31)12-2-1-3-16(24)7-12/h1-7,11,13,18-20,31H,8-10H2,(H,25,32)/t13-,18-,19-,20?/m0/s1. The Hall–Kier alpha value is -3.37. The zero-order valence-corrected chi connectivity index (χ0v) is 18.1. The van der Waals surface area contributed by atoms with Gasteiger partial charge in [-0.1, -0.05) is 23.7 Å². The summed E-state index contributed by atoms with van der Waals surface area (Å²) in [7, 11) is 0. The van der Waals surface area contributed by atoms with Crippen molar-refractivity contribution in [2.45, 2.75) is 37.6 Å². The Bertz CT molecular complexity index is 1210. The first-order chi connectivity index (χ1) is 15.9. The van der Waals surface area contributed by atoms with Gasteiger partial charge in [-0.25, -0.2) is 9.07 Å². The van der Waals surface area contributed by atoms with Gasteiger partial charge >= 0.3 is 0 Å². The highest BCUT2D eigenvalue weighted by molar-refractivity contribution is 6.30. The molecule has 9 nitrogen and oxygen atoms in total. The van der Waals surface area contributed by atoms with E-state index in [0.29, 0.717) is 22.7 Å². The van der Waals surface area contributed by atoms with Gasteiger partial charge in [0.05, 0.1) is 5.69 Å². The van der Waals surface area contributed by atoms with Gasteiger partial charge < -0.3 is 15.3 Å². The van der Waals surface area contributed by atoms with Gasteiger partial charge in [0.15, 0.2) is 6.10 Å². The number of halogens is 2. The number of nitrogens with one attached hydrogen (secondary N) is 1. The van der Waals surface area contributed by atoms with Crippen molar-refractivity contribution in [3.8, 4) is 5.69 Å². The van der Waals surface area contributed by atoms with Crippen LogP contribution in [0, 0.1) is 11.7 Å². The largest absolute Gasteiger partial charge is 0.378 e. The summed E-state index contributed by atoms with van der Waals surface area (Å²) in [4.78, 5) is 27.6. The van der Waals surface area contributed by atoms with Gasteiger partial charge in [0.2, 0.25) is 5.91 Å². The minimum atomic E-state index is -1.53. The minimum absolute atomic E-state index is 0.0839. The van der Waals surface area contributed by atoms with Crippen LogP contribution in [0.25, 0.3) is 5.69 Å². The molecule has 2 N–H and O–H groups in total. The Labute approximate surface area is 193 Å². The number of tetrazole rings is 1. The van der Waals surface area contributed by atoms with Crippen LogP contribution in [0.15, 0.2) is 48.8 Å². The molecule has 1 saturated carbocycles. The molecule has 170 valence electrons. The van der Waals surface area contributed by atoms with Crippen LogP contribution in [0.4, 0.5) is 4.39 Å². The molecule has 2 aliphatic rings. The van der Waals surface area contributed by atoms with Crippen molar-refractivity contribution in [3.63, 3.8) is 0 Å². The fourth-order valence-corrected chi connectivity index (χ4v) is 4.65. The van der Waals surface area contributed by atoms with E-state index >= 15 is 0 Å². The molecular weight excluding hydrogens is 451 g/mol. The molecule has 2 aromatic carbocycles. The topological polar surface area (TPSA) is 113 Å². The lowest BCUT2D eigenvalue weighted by Gasteiger charge is -2.29. The second-order valence-corrected chi connectivity index (χ2v) is 8.70. The van der Waals surface area contributed by atoms with Crippen molar-refractivity contribution < 1.29 is 19.1 Å². The molecule has 2 amide bonds. The third-order valence-corrected chi connectivity index (χ3v) is 6.39. The van der Waals surface area contributed by atoms with Crippen LogP contribution in [0.5, 0.6) is 0 Å². The highest BCUT2D eigenvalue weighted by atomic mass is 35.5. The average molecular weight is 471 g/mol. The summed E-state index contributed by atoms with van der Waals surface area (Å²) < 4.78 is 15.0. The maximum atomic E-state index is 13.6. The number of hydrogen-bond donors (Lipinski definition) is 2. The van der Waals surface area contributed by atoms with Gasteiger partial charge in [0.25, 0.3) is 5.91 Å². The van der Waals surface area contributed by atoms with Crippen LogP contribution in [0.1, 0.15) is 30.1 Å². The Balaban J connectivity index is 1.31. The van der Waals surface area contributed by atoms with Gasteiger partial charge in [0, 0.05) is 17.6 Å². The number of amides is 2. The molecule has 2 fully saturated rings. The van der Waals surface area contributed by atoms with Gasteiger partial charge in [0.1, 0.15) is 18.2 Å². The van der Waals surface area contributed by atoms with Crippen LogP contribution < -0.4 is 5.32 Å². The number of aliphatic hydroxyl groups excluding tert-OH is 1. The molecule has 1 aromatic heterocycles. The number of piperidine rings is 1. The number of likely N-dealkylation sites (tertiary alicyclic amines) is 1. The summed E-state index contributed by atoms with van der Waals surface area (Å²) in [6.07, 6.45) is 1.22. The first kappa shape index (κ1) is 21.5. The Kier molecular flexibility index (Phi) is 5.55. The fraction of sp³-hybridized carbons (Fsp3) is 0.318. The van der Waals surface area contributed by atoms with Crippen LogP contribution in [0.3, 0.4) is 0 Å².